The molecule has 0 heterocycles. The van der Waals surface area contributed by atoms with Gasteiger partial charge < -0.3 is 14.2 Å². The van der Waals surface area contributed by atoms with E-state index >= 15 is 0 Å². The summed E-state index contributed by atoms with van der Waals surface area (Å²) in [6.45, 7) is 8.19. The molecule has 0 N–H and O–H groups in total. The summed E-state index contributed by atoms with van der Waals surface area (Å²) in [6, 6.07) is 0. The fraction of sp³-hybridized carbons (Fsp3) is 1.00. The molecular weight excluding hydrogens is 204 g/mol. The molecule has 1 aliphatic rings. The van der Waals surface area contributed by atoms with Crippen LogP contribution in [0.1, 0.15) is 46.5 Å². The largest absolute Gasteiger partial charge is 0.373 e. The van der Waals surface area contributed by atoms with E-state index in [-0.39, 0.29) is 6.29 Å². The Balaban J connectivity index is 2.19. The van der Waals surface area contributed by atoms with Gasteiger partial charge in [0.2, 0.25) is 0 Å². The normalized spacial score (nSPS) is 26.2. The maximum atomic E-state index is 5.87. The lowest BCUT2D eigenvalue weighted by Crippen LogP contribution is -2.29. The molecule has 0 amide bonds. The fourth-order valence-electron chi connectivity index (χ4n) is 2.26. The monoisotopic (exact) mass is 230 g/mol. The highest BCUT2D eigenvalue weighted by Crippen LogP contribution is 2.25. The summed E-state index contributed by atoms with van der Waals surface area (Å²) in [5, 5.41) is 0. The van der Waals surface area contributed by atoms with Gasteiger partial charge >= 0.3 is 0 Å². The van der Waals surface area contributed by atoms with Crippen molar-refractivity contribution in [3.05, 3.63) is 0 Å². The van der Waals surface area contributed by atoms with Crippen LogP contribution >= 0.6 is 0 Å². The summed E-state index contributed by atoms with van der Waals surface area (Å²) >= 11 is 0. The fourth-order valence-corrected chi connectivity index (χ4v) is 2.26. The maximum absolute atomic E-state index is 5.87. The van der Waals surface area contributed by atoms with Crippen molar-refractivity contribution >= 4 is 0 Å². The summed E-state index contributed by atoms with van der Waals surface area (Å²) in [6.07, 6.45) is 5.24. The van der Waals surface area contributed by atoms with Crippen molar-refractivity contribution in [3.8, 4) is 0 Å². The Hall–Kier alpha value is -0.120. The molecule has 0 radical (unpaired) electrons. The van der Waals surface area contributed by atoms with Crippen molar-refractivity contribution < 1.29 is 14.2 Å². The van der Waals surface area contributed by atoms with Gasteiger partial charge in [-0.3, -0.25) is 0 Å². The average Bonchev–Trinajstić information content (AvgIpc) is 2.27. The van der Waals surface area contributed by atoms with Gasteiger partial charge in [0.25, 0.3) is 0 Å². The van der Waals surface area contributed by atoms with E-state index in [0.717, 1.165) is 5.92 Å². The molecule has 96 valence electrons. The highest BCUT2D eigenvalue weighted by Gasteiger charge is 2.20. The highest BCUT2D eigenvalue weighted by atomic mass is 16.7. The second kappa shape index (κ2) is 8.04. The summed E-state index contributed by atoms with van der Waals surface area (Å²) in [5.41, 5.74) is 0. The van der Waals surface area contributed by atoms with Gasteiger partial charge in [0.15, 0.2) is 6.29 Å². The maximum Gasteiger partial charge on any atom is 0.180 e. The Bertz CT molecular complexity index is 162. The quantitative estimate of drug-likeness (QED) is 0.629. The van der Waals surface area contributed by atoms with E-state index < -0.39 is 0 Å². The van der Waals surface area contributed by atoms with Gasteiger partial charge in [0.05, 0.1) is 12.7 Å². The Morgan fingerprint density at radius 2 is 1.81 bits per heavy atom. The Morgan fingerprint density at radius 1 is 1.12 bits per heavy atom. The molecule has 1 saturated carbocycles. The molecule has 0 aliphatic heterocycles. The van der Waals surface area contributed by atoms with E-state index in [4.69, 9.17) is 14.2 Å². The standard InChI is InChI=1S/C13H26O3/c1-4-14-13(15-5-2)10-16-12-8-6-7-11(3)9-12/h11-13H,4-10H2,1-3H3. The van der Waals surface area contributed by atoms with Gasteiger partial charge in [-0.05, 0) is 32.6 Å². The third-order valence-corrected chi connectivity index (χ3v) is 3.06. The molecule has 3 nitrogen and oxygen atoms in total. The molecule has 0 aromatic heterocycles. The summed E-state index contributed by atoms with van der Waals surface area (Å²) < 4.78 is 16.8. The van der Waals surface area contributed by atoms with E-state index in [0.29, 0.717) is 25.9 Å². The van der Waals surface area contributed by atoms with E-state index in [1.807, 2.05) is 13.8 Å². The lowest BCUT2D eigenvalue weighted by molar-refractivity contribution is -0.179. The lowest BCUT2D eigenvalue weighted by atomic mass is 9.89. The molecule has 0 bridgehead atoms. The third-order valence-electron chi connectivity index (χ3n) is 3.06. The van der Waals surface area contributed by atoms with Gasteiger partial charge in [0.1, 0.15) is 0 Å². The number of hydrogen-bond acceptors (Lipinski definition) is 3. The second-order valence-electron chi connectivity index (χ2n) is 4.57. The summed E-state index contributed by atoms with van der Waals surface area (Å²) in [4.78, 5) is 0. The van der Waals surface area contributed by atoms with Crippen LogP contribution in [-0.4, -0.2) is 32.2 Å². The minimum absolute atomic E-state index is 0.188. The minimum atomic E-state index is -0.188. The van der Waals surface area contributed by atoms with Crippen molar-refractivity contribution in [3.63, 3.8) is 0 Å². The van der Waals surface area contributed by atoms with Crippen molar-refractivity contribution in [2.75, 3.05) is 19.8 Å². The molecule has 2 atom stereocenters. The number of ether oxygens (including phenoxy) is 3. The molecule has 16 heavy (non-hydrogen) atoms. The number of rotatable bonds is 7. The summed E-state index contributed by atoms with van der Waals surface area (Å²) in [7, 11) is 0. The zero-order valence-electron chi connectivity index (χ0n) is 10.9. The van der Waals surface area contributed by atoms with Gasteiger partial charge in [0, 0.05) is 13.2 Å². The van der Waals surface area contributed by atoms with Crippen LogP contribution in [0.25, 0.3) is 0 Å². The van der Waals surface area contributed by atoms with E-state index in [9.17, 15) is 0 Å². The predicted molar refractivity (Wildman–Crippen MR) is 64.4 cm³/mol. The van der Waals surface area contributed by atoms with E-state index in [2.05, 4.69) is 6.92 Å². The molecule has 1 aliphatic carbocycles. The van der Waals surface area contributed by atoms with E-state index in [1.165, 1.54) is 25.7 Å². The topological polar surface area (TPSA) is 27.7 Å². The van der Waals surface area contributed by atoms with Crippen LogP contribution in [0.4, 0.5) is 0 Å². The molecule has 2 unspecified atom stereocenters. The second-order valence-corrected chi connectivity index (χ2v) is 4.57. The van der Waals surface area contributed by atoms with Gasteiger partial charge in [-0.1, -0.05) is 19.8 Å². The molecule has 0 spiro atoms. The van der Waals surface area contributed by atoms with Crippen molar-refractivity contribution in [1.82, 2.24) is 0 Å². The molecule has 0 aromatic carbocycles. The lowest BCUT2D eigenvalue weighted by Gasteiger charge is -2.28. The van der Waals surface area contributed by atoms with Gasteiger partial charge in [-0.2, -0.15) is 0 Å². The molecule has 1 fully saturated rings. The molecule has 0 saturated heterocycles. The van der Waals surface area contributed by atoms with Gasteiger partial charge in [-0.15, -0.1) is 0 Å². The molecule has 3 heteroatoms. The van der Waals surface area contributed by atoms with Gasteiger partial charge in [-0.25, -0.2) is 0 Å². The zero-order chi connectivity index (χ0) is 11.8. The van der Waals surface area contributed by atoms with E-state index in [1.54, 1.807) is 0 Å². The third kappa shape index (κ3) is 5.28. The van der Waals surface area contributed by atoms with Crippen LogP contribution in [0, 0.1) is 5.92 Å². The molecule has 0 aromatic rings. The molecule has 1 rings (SSSR count). The predicted octanol–water partition coefficient (Wildman–Crippen LogP) is 2.98. The first kappa shape index (κ1) is 13.9. The van der Waals surface area contributed by atoms with Crippen molar-refractivity contribution in [2.24, 2.45) is 5.92 Å². The SMILES string of the molecule is CCOC(COC1CCCC(C)C1)OCC. The van der Waals surface area contributed by atoms with Crippen LogP contribution in [0.5, 0.6) is 0 Å². The average molecular weight is 230 g/mol. The van der Waals surface area contributed by atoms with Crippen LogP contribution in [0.15, 0.2) is 0 Å². The smallest absolute Gasteiger partial charge is 0.180 e. The highest BCUT2D eigenvalue weighted by molar-refractivity contribution is 4.70. The van der Waals surface area contributed by atoms with Crippen LogP contribution in [0.2, 0.25) is 0 Å². The Kier molecular flexibility index (Phi) is 7.01. The minimum Gasteiger partial charge on any atom is -0.373 e. The van der Waals surface area contributed by atoms with Crippen LogP contribution in [0.3, 0.4) is 0 Å². The summed E-state index contributed by atoms with van der Waals surface area (Å²) in [5.74, 6) is 0.802. The van der Waals surface area contributed by atoms with Crippen molar-refractivity contribution in [1.29, 1.82) is 0 Å². The number of hydrogen-bond donors (Lipinski definition) is 0. The zero-order valence-corrected chi connectivity index (χ0v) is 10.9. The first-order valence-electron chi connectivity index (χ1n) is 6.61. The van der Waals surface area contributed by atoms with Crippen LogP contribution < -0.4 is 0 Å². The Labute approximate surface area is 99.5 Å². The van der Waals surface area contributed by atoms with Crippen molar-refractivity contribution in [2.45, 2.75) is 58.8 Å². The first-order valence-corrected chi connectivity index (χ1v) is 6.61. The first-order chi connectivity index (χ1) is 7.76. The molecular formula is C13H26O3. The van der Waals surface area contributed by atoms with Crippen LogP contribution in [-0.2, 0) is 14.2 Å². The Morgan fingerprint density at radius 3 is 2.38 bits per heavy atom.